The molecule has 2 N–H and O–H groups in total. The highest BCUT2D eigenvalue weighted by atomic mass is 16.5. The number of anilines is 1. The van der Waals surface area contributed by atoms with Crippen LogP contribution in [0.3, 0.4) is 0 Å². The van der Waals surface area contributed by atoms with Gasteiger partial charge in [-0.2, -0.15) is 5.10 Å². The van der Waals surface area contributed by atoms with Crippen LogP contribution in [-0.4, -0.2) is 51.1 Å². The minimum absolute atomic E-state index is 0.202. The molecule has 5 rings (SSSR count). The highest BCUT2D eigenvalue weighted by Crippen LogP contribution is 2.39. The van der Waals surface area contributed by atoms with Crippen LogP contribution in [0.25, 0.3) is 0 Å². The minimum atomic E-state index is 0.202. The SMILES string of the molecule is CC(C)OC1CCC2NNC(c3cc(N4CC(n5cccn5)C4)ncn3)C2C1. The van der Waals surface area contributed by atoms with Crippen molar-refractivity contribution in [2.45, 2.75) is 63.4 Å². The Bertz CT molecular complexity index is 790. The highest BCUT2D eigenvalue weighted by molar-refractivity contribution is 5.43. The number of rotatable bonds is 5. The number of hydrogen-bond donors (Lipinski definition) is 2. The average molecular weight is 384 g/mol. The Labute approximate surface area is 165 Å². The normalized spacial score (nSPS) is 30.5. The molecule has 150 valence electrons. The van der Waals surface area contributed by atoms with Crippen LogP contribution >= 0.6 is 0 Å². The largest absolute Gasteiger partial charge is 0.376 e. The Morgan fingerprint density at radius 3 is 2.86 bits per heavy atom. The molecule has 2 aliphatic heterocycles. The first kappa shape index (κ1) is 18.0. The molecular formula is C20H29N7O. The van der Waals surface area contributed by atoms with Crippen LogP contribution in [0.4, 0.5) is 5.82 Å². The van der Waals surface area contributed by atoms with Gasteiger partial charge < -0.3 is 9.64 Å². The van der Waals surface area contributed by atoms with E-state index in [0.717, 1.165) is 43.9 Å². The van der Waals surface area contributed by atoms with E-state index >= 15 is 0 Å². The lowest BCUT2D eigenvalue weighted by molar-refractivity contribution is -0.0276. The summed E-state index contributed by atoms with van der Waals surface area (Å²) in [5.41, 5.74) is 8.05. The molecule has 0 spiro atoms. The first-order valence-corrected chi connectivity index (χ1v) is 10.4. The molecule has 2 aromatic rings. The van der Waals surface area contributed by atoms with Gasteiger partial charge >= 0.3 is 0 Å². The molecule has 2 saturated heterocycles. The topological polar surface area (TPSA) is 80.1 Å². The smallest absolute Gasteiger partial charge is 0.132 e. The highest BCUT2D eigenvalue weighted by Gasteiger charge is 2.42. The molecule has 4 unspecified atom stereocenters. The fraction of sp³-hybridized carbons (Fsp3) is 0.650. The number of fused-ring (bicyclic) bond motifs is 1. The number of nitrogens with one attached hydrogen (secondary N) is 2. The van der Waals surface area contributed by atoms with Crippen molar-refractivity contribution >= 4 is 5.82 Å². The van der Waals surface area contributed by atoms with Gasteiger partial charge in [0.15, 0.2) is 0 Å². The van der Waals surface area contributed by atoms with Crippen molar-refractivity contribution in [3.8, 4) is 0 Å². The van der Waals surface area contributed by atoms with Gasteiger partial charge in [-0.15, -0.1) is 0 Å². The monoisotopic (exact) mass is 383 g/mol. The maximum atomic E-state index is 6.11. The van der Waals surface area contributed by atoms with Crippen LogP contribution in [0.15, 0.2) is 30.9 Å². The summed E-state index contributed by atoms with van der Waals surface area (Å²) in [4.78, 5) is 11.4. The van der Waals surface area contributed by atoms with Gasteiger partial charge in [-0.05, 0) is 39.2 Å². The summed E-state index contributed by atoms with van der Waals surface area (Å²) in [5, 5.41) is 4.35. The van der Waals surface area contributed by atoms with E-state index in [4.69, 9.17) is 4.74 Å². The Kier molecular flexibility index (Phi) is 4.78. The van der Waals surface area contributed by atoms with E-state index in [1.165, 1.54) is 0 Å². The predicted octanol–water partition coefficient (Wildman–Crippen LogP) is 1.85. The molecule has 0 amide bonds. The average Bonchev–Trinajstić information content (AvgIpc) is 3.30. The Morgan fingerprint density at radius 1 is 1.18 bits per heavy atom. The van der Waals surface area contributed by atoms with E-state index in [1.807, 2.05) is 23.1 Å². The van der Waals surface area contributed by atoms with Crippen molar-refractivity contribution in [2.75, 3.05) is 18.0 Å². The van der Waals surface area contributed by atoms with Crippen molar-refractivity contribution in [2.24, 2.45) is 5.92 Å². The van der Waals surface area contributed by atoms with Crippen molar-refractivity contribution in [1.82, 2.24) is 30.6 Å². The van der Waals surface area contributed by atoms with Crippen molar-refractivity contribution in [3.05, 3.63) is 36.5 Å². The zero-order valence-electron chi connectivity index (χ0n) is 16.5. The van der Waals surface area contributed by atoms with Crippen molar-refractivity contribution < 1.29 is 4.74 Å². The summed E-state index contributed by atoms with van der Waals surface area (Å²) in [6.07, 6.45) is 9.52. The zero-order valence-corrected chi connectivity index (χ0v) is 16.5. The lowest BCUT2D eigenvalue weighted by atomic mass is 9.79. The fourth-order valence-corrected chi connectivity index (χ4v) is 4.83. The van der Waals surface area contributed by atoms with Gasteiger partial charge in [-0.3, -0.25) is 10.1 Å². The van der Waals surface area contributed by atoms with Gasteiger partial charge in [0.2, 0.25) is 0 Å². The molecule has 0 radical (unpaired) electrons. The second kappa shape index (κ2) is 7.42. The second-order valence-electron chi connectivity index (χ2n) is 8.50. The minimum Gasteiger partial charge on any atom is -0.376 e. The molecule has 8 heteroatoms. The van der Waals surface area contributed by atoms with Gasteiger partial charge in [0.05, 0.1) is 30.0 Å². The third kappa shape index (κ3) is 3.40. The molecule has 1 saturated carbocycles. The summed E-state index contributed by atoms with van der Waals surface area (Å²) < 4.78 is 8.14. The van der Waals surface area contributed by atoms with Crippen LogP contribution < -0.4 is 15.8 Å². The van der Waals surface area contributed by atoms with E-state index in [1.54, 1.807) is 6.33 Å². The van der Waals surface area contributed by atoms with Gasteiger partial charge in [-0.25, -0.2) is 15.4 Å². The predicted molar refractivity (Wildman–Crippen MR) is 106 cm³/mol. The van der Waals surface area contributed by atoms with Gasteiger partial charge in [-0.1, -0.05) is 0 Å². The summed E-state index contributed by atoms with van der Waals surface area (Å²) in [7, 11) is 0. The van der Waals surface area contributed by atoms with Crippen molar-refractivity contribution in [3.63, 3.8) is 0 Å². The lowest BCUT2D eigenvalue weighted by Crippen LogP contribution is -2.48. The summed E-state index contributed by atoms with van der Waals surface area (Å²) in [6.45, 7) is 6.11. The maximum Gasteiger partial charge on any atom is 0.132 e. The molecule has 3 aliphatic rings. The van der Waals surface area contributed by atoms with Gasteiger partial charge in [0.1, 0.15) is 12.1 Å². The zero-order chi connectivity index (χ0) is 19.1. The molecule has 4 heterocycles. The van der Waals surface area contributed by atoms with Crippen molar-refractivity contribution in [1.29, 1.82) is 0 Å². The van der Waals surface area contributed by atoms with E-state index in [2.05, 4.69) is 50.7 Å². The van der Waals surface area contributed by atoms with Gasteiger partial charge in [0.25, 0.3) is 0 Å². The number of hydrazine groups is 1. The molecule has 4 atom stereocenters. The quantitative estimate of drug-likeness (QED) is 0.815. The Balaban J connectivity index is 1.27. The van der Waals surface area contributed by atoms with E-state index in [-0.39, 0.29) is 12.1 Å². The van der Waals surface area contributed by atoms with Crippen LogP contribution in [0.2, 0.25) is 0 Å². The lowest BCUT2D eigenvalue weighted by Gasteiger charge is -2.40. The van der Waals surface area contributed by atoms with Crippen LogP contribution in [0.1, 0.15) is 50.9 Å². The standard InChI is InChI=1S/C20H29N7O/c1-13(2)28-15-4-5-17-16(8-15)20(25-24-17)18-9-19(22-12-21-18)26-10-14(11-26)27-7-3-6-23-27/h3,6-7,9,12-17,20,24-25H,4-5,8,10-11H2,1-2H3. The first-order valence-electron chi connectivity index (χ1n) is 10.4. The van der Waals surface area contributed by atoms with E-state index in [9.17, 15) is 0 Å². The first-order chi connectivity index (χ1) is 13.7. The molecular weight excluding hydrogens is 354 g/mol. The molecule has 1 aliphatic carbocycles. The molecule has 3 fully saturated rings. The molecule has 8 nitrogen and oxygen atoms in total. The Hall–Kier alpha value is -2.03. The van der Waals surface area contributed by atoms with E-state index < -0.39 is 0 Å². The third-order valence-electron chi connectivity index (χ3n) is 6.25. The summed E-state index contributed by atoms with van der Waals surface area (Å²) in [6, 6.07) is 5.24. The fourth-order valence-electron chi connectivity index (χ4n) is 4.83. The second-order valence-corrected chi connectivity index (χ2v) is 8.50. The van der Waals surface area contributed by atoms with Crippen LogP contribution in [0.5, 0.6) is 0 Å². The number of aromatic nitrogens is 4. The maximum absolute atomic E-state index is 6.11. The molecule has 2 aromatic heterocycles. The number of hydrogen-bond acceptors (Lipinski definition) is 7. The van der Waals surface area contributed by atoms with Crippen LogP contribution in [-0.2, 0) is 4.74 Å². The molecule has 28 heavy (non-hydrogen) atoms. The molecule has 0 aromatic carbocycles. The van der Waals surface area contributed by atoms with E-state index in [0.29, 0.717) is 24.1 Å². The van der Waals surface area contributed by atoms with Gasteiger partial charge in [0, 0.05) is 43.5 Å². The molecule has 0 bridgehead atoms. The third-order valence-corrected chi connectivity index (χ3v) is 6.25. The Morgan fingerprint density at radius 2 is 2.07 bits per heavy atom. The van der Waals surface area contributed by atoms with Crippen LogP contribution in [0, 0.1) is 5.92 Å². The summed E-state index contributed by atoms with van der Waals surface area (Å²) in [5.74, 6) is 1.50. The number of nitrogens with zero attached hydrogens (tertiary/aromatic N) is 5. The number of ether oxygens (including phenoxy) is 1. The summed E-state index contributed by atoms with van der Waals surface area (Å²) >= 11 is 0.